The lowest BCUT2D eigenvalue weighted by atomic mass is 9.75. The van der Waals surface area contributed by atoms with Gasteiger partial charge in [-0.3, -0.25) is 14.6 Å². The first-order chi connectivity index (χ1) is 14.4. The van der Waals surface area contributed by atoms with Crippen molar-refractivity contribution in [3.05, 3.63) is 38.0 Å². The topological polar surface area (TPSA) is 65.5 Å². The number of hydrogen-bond donors (Lipinski definition) is 1. The molecular weight excluding hydrogens is 416 g/mol. The van der Waals surface area contributed by atoms with E-state index in [1.165, 1.54) is 15.3 Å². The molecule has 1 atom stereocenters. The highest BCUT2D eigenvalue weighted by molar-refractivity contribution is 7.10. The van der Waals surface area contributed by atoms with Gasteiger partial charge in [0.1, 0.15) is 5.54 Å². The Labute approximate surface area is 186 Å². The minimum absolute atomic E-state index is 0.0373. The maximum Gasteiger partial charge on any atom is 0.325 e. The SMILES string of the molecule is CCC1(C2CCN(Cc3sccc3C)CC2)NC(=O)N(CCc2scnc2C)C1=O. The molecule has 1 unspecified atom stereocenters. The molecule has 162 valence electrons. The molecular formula is C22H30N4O2S2. The number of aromatic nitrogens is 1. The summed E-state index contributed by atoms with van der Waals surface area (Å²) in [6.45, 7) is 9.50. The van der Waals surface area contributed by atoms with E-state index < -0.39 is 5.54 Å². The van der Waals surface area contributed by atoms with Crippen molar-refractivity contribution in [3.8, 4) is 0 Å². The van der Waals surface area contributed by atoms with E-state index in [-0.39, 0.29) is 17.9 Å². The van der Waals surface area contributed by atoms with Gasteiger partial charge in [0, 0.05) is 29.3 Å². The Morgan fingerprint density at radius 1 is 1.20 bits per heavy atom. The molecule has 0 aliphatic carbocycles. The van der Waals surface area contributed by atoms with Gasteiger partial charge in [-0.05, 0) is 69.1 Å². The van der Waals surface area contributed by atoms with Crippen molar-refractivity contribution >= 4 is 34.6 Å². The Kier molecular flexibility index (Phi) is 6.27. The summed E-state index contributed by atoms with van der Waals surface area (Å²) >= 11 is 3.40. The Morgan fingerprint density at radius 3 is 2.57 bits per heavy atom. The maximum atomic E-state index is 13.4. The number of carbonyl (C=O) groups excluding carboxylic acids is 2. The number of carbonyl (C=O) groups is 2. The molecule has 2 aliphatic heterocycles. The van der Waals surface area contributed by atoms with Gasteiger partial charge in [-0.25, -0.2) is 9.78 Å². The van der Waals surface area contributed by atoms with Crippen molar-refractivity contribution in [1.82, 2.24) is 20.1 Å². The van der Waals surface area contributed by atoms with E-state index in [0.717, 1.165) is 43.0 Å². The number of amides is 3. The number of hydrogen-bond acceptors (Lipinski definition) is 6. The van der Waals surface area contributed by atoms with Crippen LogP contribution in [0.2, 0.25) is 0 Å². The number of urea groups is 1. The number of imide groups is 1. The predicted octanol–water partition coefficient (Wildman–Crippen LogP) is 3.98. The molecule has 8 heteroatoms. The van der Waals surface area contributed by atoms with Crippen LogP contribution in [0.5, 0.6) is 0 Å². The first-order valence-corrected chi connectivity index (χ1v) is 12.5. The van der Waals surface area contributed by atoms with Gasteiger partial charge in [0.15, 0.2) is 0 Å². The predicted molar refractivity (Wildman–Crippen MR) is 121 cm³/mol. The standard InChI is InChI=1S/C22H30N4O2S2/c1-4-22(17-5-9-25(10-6-17)13-19-15(2)8-12-29-19)20(27)26(21(28)24-22)11-7-18-16(3)23-14-30-18/h8,12,14,17H,4-7,9-11,13H2,1-3H3,(H,24,28). The molecule has 4 rings (SSSR count). The molecule has 2 aliphatic rings. The van der Waals surface area contributed by atoms with Crippen LogP contribution in [0.4, 0.5) is 4.79 Å². The molecule has 2 aromatic heterocycles. The fourth-order valence-corrected chi connectivity index (χ4v) is 6.50. The largest absolute Gasteiger partial charge is 0.325 e. The summed E-state index contributed by atoms with van der Waals surface area (Å²) in [5, 5.41) is 5.26. The zero-order valence-electron chi connectivity index (χ0n) is 17.9. The molecule has 3 amide bonds. The van der Waals surface area contributed by atoms with Gasteiger partial charge < -0.3 is 5.32 Å². The number of nitrogens with one attached hydrogen (secondary N) is 1. The second-order valence-electron chi connectivity index (χ2n) is 8.40. The molecule has 6 nitrogen and oxygen atoms in total. The van der Waals surface area contributed by atoms with Gasteiger partial charge >= 0.3 is 6.03 Å². The molecule has 0 saturated carbocycles. The fourth-order valence-electron chi connectivity index (χ4n) is 4.79. The van der Waals surface area contributed by atoms with Crippen molar-refractivity contribution in [1.29, 1.82) is 0 Å². The zero-order chi connectivity index (χ0) is 21.3. The maximum absolute atomic E-state index is 13.4. The number of thiazole rings is 1. The van der Waals surface area contributed by atoms with Gasteiger partial charge in [-0.2, -0.15) is 0 Å². The lowest BCUT2D eigenvalue weighted by Crippen LogP contribution is -2.55. The Morgan fingerprint density at radius 2 is 1.97 bits per heavy atom. The van der Waals surface area contributed by atoms with Crippen molar-refractivity contribution in [3.63, 3.8) is 0 Å². The highest BCUT2D eigenvalue weighted by Crippen LogP contribution is 2.37. The van der Waals surface area contributed by atoms with Crippen LogP contribution >= 0.6 is 22.7 Å². The second-order valence-corrected chi connectivity index (χ2v) is 10.3. The molecule has 2 saturated heterocycles. The van der Waals surface area contributed by atoms with Crippen molar-refractivity contribution in [2.45, 2.75) is 58.5 Å². The molecule has 0 aromatic carbocycles. The van der Waals surface area contributed by atoms with Crippen LogP contribution in [0.1, 0.15) is 47.2 Å². The van der Waals surface area contributed by atoms with Crippen LogP contribution in [-0.2, 0) is 17.8 Å². The lowest BCUT2D eigenvalue weighted by Gasteiger charge is -2.40. The molecule has 30 heavy (non-hydrogen) atoms. The van der Waals surface area contributed by atoms with Crippen molar-refractivity contribution in [2.24, 2.45) is 5.92 Å². The molecule has 0 spiro atoms. The minimum atomic E-state index is -0.745. The van der Waals surface area contributed by atoms with Crippen LogP contribution in [0.3, 0.4) is 0 Å². The molecule has 4 heterocycles. The van der Waals surface area contributed by atoms with Gasteiger partial charge in [-0.15, -0.1) is 22.7 Å². The summed E-state index contributed by atoms with van der Waals surface area (Å²) in [5.41, 5.74) is 3.42. The third-order valence-corrected chi connectivity index (χ3v) is 8.79. The number of likely N-dealkylation sites (tertiary alicyclic amines) is 1. The highest BCUT2D eigenvalue weighted by Gasteiger charge is 2.54. The summed E-state index contributed by atoms with van der Waals surface area (Å²) in [5.74, 6) is 0.152. The number of rotatable bonds is 7. The van der Waals surface area contributed by atoms with Crippen LogP contribution < -0.4 is 5.32 Å². The van der Waals surface area contributed by atoms with E-state index in [2.05, 4.69) is 33.6 Å². The van der Waals surface area contributed by atoms with E-state index in [0.29, 0.717) is 19.4 Å². The summed E-state index contributed by atoms with van der Waals surface area (Å²) in [6, 6.07) is 1.94. The summed E-state index contributed by atoms with van der Waals surface area (Å²) < 4.78 is 0. The number of aryl methyl sites for hydroxylation is 2. The monoisotopic (exact) mass is 446 g/mol. The highest BCUT2D eigenvalue weighted by atomic mass is 32.1. The summed E-state index contributed by atoms with van der Waals surface area (Å²) in [4.78, 5) is 36.9. The third-order valence-electron chi connectivity index (χ3n) is 6.79. The van der Waals surface area contributed by atoms with Crippen LogP contribution in [-0.4, -0.2) is 51.9 Å². The lowest BCUT2D eigenvalue weighted by molar-refractivity contribution is -0.134. The summed E-state index contributed by atoms with van der Waals surface area (Å²) in [6.07, 6.45) is 3.19. The van der Waals surface area contributed by atoms with E-state index in [1.807, 2.05) is 30.7 Å². The van der Waals surface area contributed by atoms with E-state index >= 15 is 0 Å². The van der Waals surface area contributed by atoms with E-state index in [4.69, 9.17) is 0 Å². The molecule has 1 N–H and O–H groups in total. The molecule has 0 bridgehead atoms. The van der Waals surface area contributed by atoms with E-state index in [9.17, 15) is 9.59 Å². The first kappa shape index (κ1) is 21.5. The van der Waals surface area contributed by atoms with Gasteiger partial charge in [-0.1, -0.05) is 6.92 Å². The van der Waals surface area contributed by atoms with Gasteiger partial charge in [0.05, 0.1) is 11.2 Å². The number of piperidine rings is 1. The van der Waals surface area contributed by atoms with Crippen LogP contribution in [0.25, 0.3) is 0 Å². The molecule has 2 fully saturated rings. The average molecular weight is 447 g/mol. The number of nitrogens with zero attached hydrogens (tertiary/aromatic N) is 3. The zero-order valence-corrected chi connectivity index (χ0v) is 19.6. The number of thiophene rings is 1. The summed E-state index contributed by atoms with van der Waals surface area (Å²) in [7, 11) is 0. The van der Waals surface area contributed by atoms with Crippen molar-refractivity contribution in [2.75, 3.05) is 19.6 Å². The normalized spacial score (nSPS) is 23.4. The molecule has 2 aromatic rings. The third kappa shape index (κ3) is 3.92. The molecule has 0 radical (unpaired) electrons. The van der Waals surface area contributed by atoms with Crippen molar-refractivity contribution < 1.29 is 9.59 Å². The Balaban J connectivity index is 1.40. The van der Waals surface area contributed by atoms with Crippen LogP contribution in [0.15, 0.2) is 17.0 Å². The smallest absolute Gasteiger partial charge is 0.323 e. The Bertz CT molecular complexity index is 916. The fraction of sp³-hybridized carbons (Fsp3) is 0.591. The minimum Gasteiger partial charge on any atom is -0.323 e. The van der Waals surface area contributed by atoms with E-state index in [1.54, 1.807) is 11.3 Å². The second kappa shape index (κ2) is 8.77. The Hall–Kier alpha value is -1.77. The van der Waals surface area contributed by atoms with Crippen LogP contribution in [0, 0.1) is 19.8 Å². The first-order valence-electron chi connectivity index (χ1n) is 10.7. The quantitative estimate of drug-likeness (QED) is 0.654. The average Bonchev–Trinajstić information content (AvgIpc) is 3.40. The van der Waals surface area contributed by atoms with Gasteiger partial charge in [0.2, 0.25) is 0 Å². The van der Waals surface area contributed by atoms with Gasteiger partial charge in [0.25, 0.3) is 5.91 Å².